The molecule has 0 spiro atoms. The van der Waals surface area contributed by atoms with Crippen molar-refractivity contribution >= 4 is 51.8 Å². The third-order valence-corrected chi connectivity index (χ3v) is 4.74. The van der Waals surface area contributed by atoms with Crippen molar-refractivity contribution in [3.05, 3.63) is 75.8 Å². The molecular weight excluding hydrogens is 433 g/mol. The fourth-order valence-corrected chi connectivity index (χ4v) is 3.51. The molecular formula is C21H15Cl2NO6. The number of carboxylic acid groups (broad SMARTS) is 2. The zero-order chi connectivity index (χ0) is 21.8. The van der Waals surface area contributed by atoms with E-state index in [-0.39, 0.29) is 16.3 Å². The number of hydrogen-bond donors (Lipinski definition) is 3. The van der Waals surface area contributed by atoms with Gasteiger partial charge in [0.05, 0.1) is 10.6 Å². The summed E-state index contributed by atoms with van der Waals surface area (Å²) in [6.45, 7) is -0.548. The van der Waals surface area contributed by atoms with E-state index in [1.807, 2.05) is 0 Å². The molecule has 0 aromatic heterocycles. The number of halogens is 2. The van der Waals surface area contributed by atoms with Crippen LogP contribution < -0.4 is 10.1 Å². The van der Waals surface area contributed by atoms with E-state index in [4.69, 9.17) is 27.9 Å². The van der Waals surface area contributed by atoms with Crippen LogP contribution in [0.5, 0.6) is 5.75 Å². The molecule has 3 rings (SSSR count). The molecule has 0 heterocycles. The lowest BCUT2D eigenvalue weighted by molar-refractivity contribution is -0.142. The Bertz CT molecular complexity index is 1130. The minimum atomic E-state index is -1.26. The normalized spacial score (nSPS) is 11.7. The number of hydrogen-bond acceptors (Lipinski definition) is 4. The molecule has 1 amide bonds. The Labute approximate surface area is 180 Å². The Kier molecular flexibility index (Phi) is 6.44. The zero-order valence-corrected chi connectivity index (χ0v) is 16.8. The lowest BCUT2D eigenvalue weighted by atomic mass is 10.1. The Morgan fingerprint density at radius 2 is 1.70 bits per heavy atom. The minimum Gasteiger partial charge on any atom is -0.483 e. The van der Waals surface area contributed by atoms with Gasteiger partial charge in [-0.1, -0.05) is 53.5 Å². The van der Waals surface area contributed by atoms with E-state index in [2.05, 4.69) is 5.32 Å². The average molecular weight is 448 g/mol. The van der Waals surface area contributed by atoms with Crippen LogP contribution in [0.1, 0.15) is 22.0 Å². The first-order valence-corrected chi connectivity index (χ1v) is 9.38. The van der Waals surface area contributed by atoms with Gasteiger partial charge in [0.2, 0.25) is 0 Å². The quantitative estimate of drug-likeness (QED) is 0.500. The summed E-state index contributed by atoms with van der Waals surface area (Å²) in [5, 5.41) is 22.5. The summed E-state index contributed by atoms with van der Waals surface area (Å²) in [6, 6.07) is 12.6. The number of benzene rings is 3. The van der Waals surface area contributed by atoms with Gasteiger partial charge in [0.1, 0.15) is 5.75 Å². The number of amides is 1. The highest BCUT2D eigenvalue weighted by Crippen LogP contribution is 2.36. The van der Waals surface area contributed by atoms with E-state index in [1.165, 1.54) is 24.3 Å². The molecule has 0 bridgehead atoms. The molecule has 0 saturated heterocycles. The highest BCUT2D eigenvalue weighted by molar-refractivity contribution is 6.39. The molecule has 9 heteroatoms. The van der Waals surface area contributed by atoms with Gasteiger partial charge in [-0.3, -0.25) is 4.79 Å². The van der Waals surface area contributed by atoms with Crippen molar-refractivity contribution in [1.82, 2.24) is 5.32 Å². The largest absolute Gasteiger partial charge is 0.483 e. The number of rotatable bonds is 7. The van der Waals surface area contributed by atoms with Gasteiger partial charge in [0.15, 0.2) is 12.6 Å². The summed E-state index contributed by atoms with van der Waals surface area (Å²) >= 11 is 12.2. The van der Waals surface area contributed by atoms with Crippen molar-refractivity contribution in [2.24, 2.45) is 0 Å². The summed E-state index contributed by atoms with van der Waals surface area (Å²) in [5.74, 6) is -3.07. The first-order chi connectivity index (χ1) is 14.3. The molecule has 1 atom stereocenters. The van der Waals surface area contributed by atoms with E-state index < -0.39 is 30.5 Å². The predicted molar refractivity (Wildman–Crippen MR) is 111 cm³/mol. The first kappa shape index (κ1) is 21.4. The molecule has 3 aromatic carbocycles. The molecule has 30 heavy (non-hydrogen) atoms. The number of carbonyl (C=O) groups excluding carboxylic acids is 1. The monoisotopic (exact) mass is 447 g/mol. The Hall–Kier alpha value is -3.29. The second-order valence-corrected chi connectivity index (χ2v) is 7.15. The smallest absolute Gasteiger partial charge is 0.335 e. The number of ether oxygens (including phenoxy) is 1. The van der Waals surface area contributed by atoms with Gasteiger partial charge < -0.3 is 20.3 Å². The van der Waals surface area contributed by atoms with Gasteiger partial charge >= 0.3 is 11.9 Å². The highest BCUT2D eigenvalue weighted by atomic mass is 35.5. The molecule has 1 unspecified atom stereocenters. The number of aromatic carboxylic acids is 1. The molecule has 154 valence electrons. The fourth-order valence-electron chi connectivity index (χ4n) is 2.91. The number of nitrogens with one attached hydrogen (secondary N) is 1. The standard InChI is InChI=1S/C21H15Cl2NO6/c22-14-7-12-6-13(20(26)27)8-16(18(12)15(23)9-14)30-10-17(25)24-19(21(28)29)11-4-2-1-3-5-11/h1-9,19H,10H2,(H,24,25)(H,26,27)(H,28,29). The van der Waals surface area contributed by atoms with Crippen LogP contribution >= 0.6 is 23.2 Å². The maximum Gasteiger partial charge on any atom is 0.335 e. The molecule has 0 radical (unpaired) electrons. The van der Waals surface area contributed by atoms with E-state index in [0.29, 0.717) is 21.4 Å². The van der Waals surface area contributed by atoms with Gasteiger partial charge in [-0.25, -0.2) is 9.59 Å². The van der Waals surface area contributed by atoms with Crippen LogP contribution in [0.4, 0.5) is 0 Å². The number of fused-ring (bicyclic) bond motifs is 1. The minimum absolute atomic E-state index is 0.0632. The van der Waals surface area contributed by atoms with Gasteiger partial charge in [0, 0.05) is 10.4 Å². The summed E-state index contributed by atoms with van der Waals surface area (Å²) in [7, 11) is 0. The van der Waals surface area contributed by atoms with E-state index >= 15 is 0 Å². The molecule has 0 fully saturated rings. The second-order valence-electron chi connectivity index (χ2n) is 6.30. The van der Waals surface area contributed by atoms with Gasteiger partial charge in [-0.15, -0.1) is 0 Å². The predicted octanol–water partition coefficient (Wildman–Crippen LogP) is 4.17. The van der Waals surface area contributed by atoms with Crippen LogP contribution in [0.3, 0.4) is 0 Å². The van der Waals surface area contributed by atoms with Crippen molar-refractivity contribution in [1.29, 1.82) is 0 Å². The summed E-state index contributed by atoms with van der Waals surface area (Å²) in [6.07, 6.45) is 0. The second kappa shape index (κ2) is 9.02. The lowest BCUT2D eigenvalue weighted by Gasteiger charge is -2.16. The molecule has 0 aliphatic carbocycles. The SMILES string of the molecule is O=C(COc1cc(C(=O)O)cc2cc(Cl)cc(Cl)c12)NC(C(=O)O)c1ccccc1. The van der Waals surface area contributed by atoms with Crippen molar-refractivity contribution in [3.8, 4) is 5.75 Å². The summed E-state index contributed by atoms with van der Waals surface area (Å²) < 4.78 is 5.51. The third kappa shape index (κ3) is 4.82. The van der Waals surface area contributed by atoms with E-state index in [1.54, 1.807) is 30.3 Å². The number of carboxylic acids is 2. The highest BCUT2D eigenvalue weighted by Gasteiger charge is 2.22. The number of aliphatic carboxylic acids is 1. The molecule has 7 nitrogen and oxygen atoms in total. The van der Waals surface area contributed by atoms with Crippen LogP contribution in [0.25, 0.3) is 10.8 Å². The average Bonchev–Trinajstić information content (AvgIpc) is 2.69. The van der Waals surface area contributed by atoms with Crippen molar-refractivity contribution in [2.75, 3.05) is 6.61 Å². The van der Waals surface area contributed by atoms with E-state index in [0.717, 1.165) is 0 Å². The first-order valence-electron chi connectivity index (χ1n) is 8.62. The van der Waals surface area contributed by atoms with Crippen molar-refractivity contribution in [2.45, 2.75) is 6.04 Å². The topological polar surface area (TPSA) is 113 Å². The molecule has 0 saturated carbocycles. The summed E-state index contributed by atoms with van der Waals surface area (Å²) in [4.78, 5) is 35.3. The Morgan fingerprint density at radius 1 is 1.00 bits per heavy atom. The zero-order valence-electron chi connectivity index (χ0n) is 15.3. The maximum absolute atomic E-state index is 12.3. The molecule has 0 aliphatic rings. The molecule has 0 aliphatic heterocycles. The summed E-state index contributed by atoms with van der Waals surface area (Å²) in [5.41, 5.74) is 0.318. The Balaban J connectivity index is 1.85. The third-order valence-electron chi connectivity index (χ3n) is 4.22. The lowest BCUT2D eigenvalue weighted by Crippen LogP contribution is -2.36. The van der Waals surface area contributed by atoms with Crippen LogP contribution in [0.15, 0.2) is 54.6 Å². The van der Waals surface area contributed by atoms with E-state index in [9.17, 15) is 24.6 Å². The van der Waals surface area contributed by atoms with Gasteiger partial charge in [0.25, 0.3) is 5.91 Å². The van der Waals surface area contributed by atoms with Crippen molar-refractivity contribution in [3.63, 3.8) is 0 Å². The van der Waals surface area contributed by atoms with Gasteiger partial charge in [-0.05, 0) is 35.2 Å². The van der Waals surface area contributed by atoms with Crippen molar-refractivity contribution < 1.29 is 29.3 Å². The number of carbonyl (C=O) groups is 3. The fraction of sp³-hybridized carbons (Fsp3) is 0.0952. The molecule has 3 N–H and O–H groups in total. The van der Waals surface area contributed by atoms with Crippen LogP contribution in [-0.4, -0.2) is 34.7 Å². The Morgan fingerprint density at radius 3 is 2.33 bits per heavy atom. The van der Waals surface area contributed by atoms with Crippen LogP contribution in [0.2, 0.25) is 10.0 Å². The van der Waals surface area contributed by atoms with Crippen LogP contribution in [0, 0.1) is 0 Å². The van der Waals surface area contributed by atoms with Crippen LogP contribution in [-0.2, 0) is 9.59 Å². The molecule has 3 aromatic rings. The van der Waals surface area contributed by atoms with Gasteiger partial charge in [-0.2, -0.15) is 0 Å². The maximum atomic E-state index is 12.3.